The fourth-order valence-corrected chi connectivity index (χ4v) is 1.96. The molecule has 1 rings (SSSR count). The summed E-state index contributed by atoms with van der Waals surface area (Å²) in [6.07, 6.45) is 2.14. The van der Waals surface area contributed by atoms with E-state index in [-0.39, 0.29) is 5.41 Å². The predicted molar refractivity (Wildman–Crippen MR) is 72.2 cm³/mol. The summed E-state index contributed by atoms with van der Waals surface area (Å²) in [6, 6.07) is 0. The highest BCUT2D eigenvalue weighted by molar-refractivity contribution is 5.23. The van der Waals surface area contributed by atoms with Crippen LogP contribution in [0.3, 0.4) is 0 Å². The maximum Gasteiger partial charge on any atom is 0.0722 e. The van der Waals surface area contributed by atoms with Crippen molar-refractivity contribution in [3.8, 4) is 0 Å². The van der Waals surface area contributed by atoms with Gasteiger partial charge in [-0.1, -0.05) is 20.8 Å². The van der Waals surface area contributed by atoms with E-state index in [4.69, 9.17) is 0 Å². The van der Waals surface area contributed by atoms with Gasteiger partial charge in [0, 0.05) is 43.9 Å². The highest BCUT2D eigenvalue weighted by atomic mass is 15.3. The largest absolute Gasteiger partial charge is 0.318 e. The topological polar surface area (TPSA) is 33.1 Å². The van der Waals surface area contributed by atoms with Gasteiger partial charge in [0.05, 0.1) is 5.69 Å². The first-order valence-corrected chi connectivity index (χ1v) is 6.20. The van der Waals surface area contributed by atoms with E-state index in [0.29, 0.717) is 0 Å². The second-order valence-electron chi connectivity index (χ2n) is 5.77. The molecule has 0 spiro atoms. The van der Waals surface area contributed by atoms with Crippen molar-refractivity contribution < 1.29 is 0 Å². The molecule has 0 aliphatic rings. The number of aromatic nitrogens is 2. The molecule has 98 valence electrons. The molecular formula is C13H26N4. The highest BCUT2D eigenvalue weighted by Gasteiger charge is 2.22. The van der Waals surface area contributed by atoms with Gasteiger partial charge in [0.25, 0.3) is 0 Å². The fraction of sp³-hybridized carbons (Fsp3) is 0.769. The monoisotopic (exact) mass is 238 g/mol. The average molecular weight is 238 g/mol. The standard InChI is InChI=1S/C13H26N4/c1-13(2,3)12-11(10-17(6)15-12)9-16(5)8-7-14-4/h10,14H,7-9H2,1-6H3. The first-order chi connectivity index (χ1) is 7.84. The van der Waals surface area contributed by atoms with E-state index >= 15 is 0 Å². The van der Waals surface area contributed by atoms with Crippen molar-refractivity contribution in [3.05, 3.63) is 17.5 Å². The second kappa shape index (κ2) is 5.65. The van der Waals surface area contributed by atoms with Crippen molar-refractivity contribution in [1.29, 1.82) is 0 Å². The molecule has 0 fully saturated rings. The molecule has 0 aromatic carbocycles. The molecule has 17 heavy (non-hydrogen) atoms. The molecule has 0 unspecified atom stereocenters. The van der Waals surface area contributed by atoms with Crippen LogP contribution >= 0.6 is 0 Å². The normalized spacial score (nSPS) is 12.4. The lowest BCUT2D eigenvalue weighted by molar-refractivity contribution is 0.325. The van der Waals surface area contributed by atoms with Crippen LogP contribution in [0, 0.1) is 0 Å². The Labute approximate surface area is 105 Å². The molecule has 0 saturated carbocycles. The zero-order valence-electron chi connectivity index (χ0n) is 12.0. The summed E-state index contributed by atoms with van der Waals surface area (Å²) in [6.45, 7) is 9.67. The van der Waals surface area contributed by atoms with Crippen LogP contribution in [-0.4, -0.2) is 41.9 Å². The zero-order chi connectivity index (χ0) is 13.1. The number of nitrogens with zero attached hydrogens (tertiary/aromatic N) is 3. The molecule has 0 saturated heterocycles. The van der Waals surface area contributed by atoms with Crippen molar-refractivity contribution in [2.75, 3.05) is 27.2 Å². The number of hydrogen-bond acceptors (Lipinski definition) is 3. The van der Waals surface area contributed by atoms with Crippen LogP contribution < -0.4 is 5.32 Å². The number of likely N-dealkylation sites (N-methyl/N-ethyl adjacent to an activating group) is 2. The van der Waals surface area contributed by atoms with Crippen LogP contribution in [0.1, 0.15) is 32.0 Å². The summed E-state index contributed by atoms with van der Waals surface area (Å²) < 4.78 is 1.92. The molecule has 1 aromatic rings. The maximum absolute atomic E-state index is 4.59. The van der Waals surface area contributed by atoms with Crippen LogP contribution in [0.15, 0.2) is 6.20 Å². The first kappa shape index (κ1) is 14.2. The predicted octanol–water partition coefficient (Wildman–Crippen LogP) is 1.37. The molecule has 4 heteroatoms. The van der Waals surface area contributed by atoms with Gasteiger partial charge >= 0.3 is 0 Å². The summed E-state index contributed by atoms with van der Waals surface area (Å²) in [5.41, 5.74) is 2.65. The number of nitrogens with one attached hydrogen (secondary N) is 1. The third-order valence-electron chi connectivity index (χ3n) is 2.80. The van der Waals surface area contributed by atoms with E-state index in [9.17, 15) is 0 Å². The molecule has 0 radical (unpaired) electrons. The first-order valence-electron chi connectivity index (χ1n) is 6.20. The Morgan fingerprint density at radius 1 is 1.41 bits per heavy atom. The van der Waals surface area contributed by atoms with Crippen LogP contribution in [-0.2, 0) is 19.0 Å². The quantitative estimate of drug-likeness (QED) is 0.841. The lowest BCUT2D eigenvalue weighted by atomic mass is 9.89. The minimum Gasteiger partial charge on any atom is -0.318 e. The fourth-order valence-electron chi connectivity index (χ4n) is 1.96. The van der Waals surface area contributed by atoms with E-state index < -0.39 is 0 Å². The van der Waals surface area contributed by atoms with E-state index in [0.717, 1.165) is 19.6 Å². The summed E-state index contributed by atoms with van der Waals surface area (Å²) in [5, 5.41) is 7.76. The Hall–Kier alpha value is -0.870. The third-order valence-corrected chi connectivity index (χ3v) is 2.80. The third kappa shape index (κ3) is 4.13. The van der Waals surface area contributed by atoms with Gasteiger partial charge in [-0.25, -0.2) is 0 Å². The summed E-state index contributed by atoms with van der Waals surface area (Å²) in [7, 11) is 6.13. The molecular weight excluding hydrogens is 212 g/mol. The minimum atomic E-state index is 0.112. The van der Waals surface area contributed by atoms with E-state index in [2.05, 4.69) is 49.3 Å². The zero-order valence-corrected chi connectivity index (χ0v) is 12.0. The Morgan fingerprint density at radius 3 is 2.59 bits per heavy atom. The molecule has 0 aliphatic heterocycles. The maximum atomic E-state index is 4.59. The van der Waals surface area contributed by atoms with Crippen molar-refractivity contribution in [2.45, 2.75) is 32.7 Å². The number of hydrogen-bond donors (Lipinski definition) is 1. The van der Waals surface area contributed by atoms with Gasteiger partial charge in [-0.05, 0) is 14.1 Å². The minimum absolute atomic E-state index is 0.112. The second-order valence-corrected chi connectivity index (χ2v) is 5.77. The lowest BCUT2D eigenvalue weighted by Crippen LogP contribution is -2.28. The smallest absolute Gasteiger partial charge is 0.0722 e. The van der Waals surface area contributed by atoms with Gasteiger partial charge in [0.2, 0.25) is 0 Å². The summed E-state index contributed by atoms with van der Waals surface area (Å²) in [5.74, 6) is 0. The molecule has 1 heterocycles. The van der Waals surface area contributed by atoms with Crippen LogP contribution in [0.5, 0.6) is 0 Å². The number of rotatable bonds is 5. The summed E-state index contributed by atoms with van der Waals surface area (Å²) >= 11 is 0. The Balaban J connectivity index is 2.77. The van der Waals surface area contributed by atoms with Crippen molar-refractivity contribution >= 4 is 0 Å². The number of aryl methyl sites for hydroxylation is 1. The van der Waals surface area contributed by atoms with Gasteiger partial charge in [-0.15, -0.1) is 0 Å². The molecule has 1 aromatic heterocycles. The van der Waals surface area contributed by atoms with E-state index in [1.807, 2.05) is 18.8 Å². The van der Waals surface area contributed by atoms with E-state index in [1.54, 1.807) is 0 Å². The van der Waals surface area contributed by atoms with E-state index in [1.165, 1.54) is 11.3 Å². The average Bonchev–Trinajstić information content (AvgIpc) is 2.56. The molecule has 0 atom stereocenters. The van der Waals surface area contributed by atoms with Crippen LogP contribution in [0.4, 0.5) is 0 Å². The SMILES string of the molecule is CNCCN(C)Cc1cn(C)nc1C(C)(C)C. The van der Waals surface area contributed by atoms with Gasteiger partial charge < -0.3 is 10.2 Å². The van der Waals surface area contributed by atoms with Gasteiger partial charge in [-0.2, -0.15) is 5.10 Å². The van der Waals surface area contributed by atoms with Gasteiger partial charge in [0.1, 0.15) is 0 Å². The molecule has 0 amide bonds. The molecule has 4 nitrogen and oxygen atoms in total. The lowest BCUT2D eigenvalue weighted by Gasteiger charge is -2.21. The van der Waals surface area contributed by atoms with Gasteiger partial charge in [0.15, 0.2) is 0 Å². The Morgan fingerprint density at radius 2 is 2.06 bits per heavy atom. The highest BCUT2D eigenvalue weighted by Crippen LogP contribution is 2.24. The van der Waals surface area contributed by atoms with Crippen molar-refractivity contribution in [2.24, 2.45) is 7.05 Å². The molecule has 0 aliphatic carbocycles. The van der Waals surface area contributed by atoms with Crippen molar-refractivity contribution in [3.63, 3.8) is 0 Å². The molecule has 0 bridgehead atoms. The molecule has 1 N–H and O–H groups in total. The van der Waals surface area contributed by atoms with Crippen LogP contribution in [0.2, 0.25) is 0 Å². The summed E-state index contributed by atoms with van der Waals surface area (Å²) in [4.78, 5) is 2.32. The Bertz CT molecular complexity index is 349. The Kier molecular flexibility index (Phi) is 4.71. The van der Waals surface area contributed by atoms with Gasteiger partial charge in [-0.3, -0.25) is 4.68 Å². The van der Waals surface area contributed by atoms with Crippen molar-refractivity contribution in [1.82, 2.24) is 20.0 Å². The van der Waals surface area contributed by atoms with Crippen LogP contribution in [0.25, 0.3) is 0 Å².